The molecule has 1 heterocycles. The van der Waals surface area contributed by atoms with E-state index in [0.717, 1.165) is 32.2 Å². The highest BCUT2D eigenvalue weighted by Gasteiger charge is 2.22. The summed E-state index contributed by atoms with van der Waals surface area (Å²) in [6.45, 7) is 14.8. The molecule has 0 aromatic heterocycles. The van der Waals surface area contributed by atoms with E-state index < -0.39 is 0 Å². The van der Waals surface area contributed by atoms with Gasteiger partial charge in [-0.2, -0.15) is 0 Å². The summed E-state index contributed by atoms with van der Waals surface area (Å²) in [5.41, 5.74) is 0.492. The highest BCUT2D eigenvalue weighted by atomic mass is 16.5. The van der Waals surface area contributed by atoms with Crippen LogP contribution in [0.1, 0.15) is 40.5 Å². The lowest BCUT2D eigenvalue weighted by atomic mass is 9.77. The summed E-state index contributed by atoms with van der Waals surface area (Å²) in [6.07, 6.45) is 2.66. The van der Waals surface area contributed by atoms with Crippen molar-refractivity contribution in [1.29, 1.82) is 0 Å². The molecule has 0 amide bonds. The van der Waals surface area contributed by atoms with Crippen molar-refractivity contribution < 1.29 is 4.74 Å². The fraction of sp³-hybridized carbons (Fsp3) is 1.00. The number of hydrogen-bond acceptors (Lipinski definition) is 2. The fourth-order valence-corrected chi connectivity index (χ4v) is 1.87. The Morgan fingerprint density at radius 3 is 2.33 bits per heavy atom. The second kappa shape index (κ2) is 5.86. The van der Waals surface area contributed by atoms with Gasteiger partial charge in [0, 0.05) is 13.1 Å². The molecule has 0 radical (unpaired) electrons. The minimum absolute atomic E-state index is 0.492. The van der Waals surface area contributed by atoms with Crippen molar-refractivity contribution in [3.05, 3.63) is 0 Å². The predicted molar refractivity (Wildman–Crippen MR) is 65.1 cm³/mol. The molecule has 90 valence electrons. The van der Waals surface area contributed by atoms with Gasteiger partial charge in [-0.05, 0) is 30.7 Å². The zero-order valence-corrected chi connectivity index (χ0v) is 10.9. The van der Waals surface area contributed by atoms with Crippen LogP contribution >= 0.6 is 0 Å². The van der Waals surface area contributed by atoms with Gasteiger partial charge in [0.1, 0.15) is 0 Å². The Labute approximate surface area is 95.0 Å². The first kappa shape index (κ1) is 13.0. The summed E-state index contributed by atoms with van der Waals surface area (Å²) >= 11 is 0. The molecule has 1 saturated heterocycles. The van der Waals surface area contributed by atoms with Crippen molar-refractivity contribution in [2.45, 2.75) is 40.5 Å². The van der Waals surface area contributed by atoms with Crippen LogP contribution in [-0.4, -0.2) is 37.7 Å². The highest BCUT2D eigenvalue weighted by molar-refractivity contribution is 4.73. The minimum Gasteiger partial charge on any atom is -0.379 e. The van der Waals surface area contributed by atoms with E-state index in [2.05, 4.69) is 32.6 Å². The first-order valence-corrected chi connectivity index (χ1v) is 6.32. The van der Waals surface area contributed by atoms with Crippen molar-refractivity contribution in [2.75, 3.05) is 32.8 Å². The van der Waals surface area contributed by atoms with E-state index >= 15 is 0 Å². The molecule has 1 fully saturated rings. The lowest BCUT2D eigenvalue weighted by molar-refractivity contribution is 0.0352. The van der Waals surface area contributed by atoms with Crippen LogP contribution in [0.25, 0.3) is 0 Å². The summed E-state index contributed by atoms with van der Waals surface area (Å²) in [6, 6.07) is 0. The molecular formula is C13H27NO. The second-order valence-corrected chi connectivity index (χ2v) is 5.70. The van der Waals surface area contributed by atoms with Crippen LogP contribution in [0.2, 0.25) is 0 Å². The summed E-state index contributed by atoms with van der Waals surface area (Å²) < 4.78 is 5.34. The first-order valence-electron chi connectivity index (χ1n) is 6.32. The largest absolute Gasteiger partial charge is 0.379 e. The van der Waals surface area contributed by atoms with Crippen LogP contribution < -0.4 is 0 Å². The van der Waals surface area contributed by atoms with E-state index in [1.807, 2.05) is 0 Å². The van der Waals surface area contributed by atoms with E-state index in [9.17, 15) is 0 Å². The SMILES string of the molecule is CC(C)C(C)(C)CCCN1CCOCC1. The monoisotopic (exact) mass is 213 g/mol. The Hall–Kier alpha value is -0.0800. The van der Waals surface area contributed by atoms with Gasteiger partial charge in [0.25, 0.3) is 0 Å². The van der Waals surface area contributed by atoms with Gasteiger partial charge in [-0.25, -0.2) is 0 Å². The molecule has 0 bridgehead atoms. The van der Waals surface area contributed by atoms with Crippen molar-refractivity contribution >= 4 is 0 Å². The molecule has 2 heteroatoms. The molecule has 0 aromatic carbocycles. The Balaban J connectivity index is 2.14. The summed E-state index contributed by atoms with van der Waals surface area (Å²) in [4.78, 5) is 2.53. The molecule has 1 aliphatic rings. The number of ether oxygens (including phenoxy) is 1. The van der Waals surface area contributed by atoms with Crippen molar-refractivity contribution in [1.82, 2.24) is 4.90 Å². The van der Waals surface area contributed by atoms with Crippen LogP contribution in [-0.2, 0) is 4.74 Å². The van der Waals surface area contributed by atoms with Crippen molar-refractivity contribution in [3.63, 3.8) is 0 Å². The molecule has 0 unspecified atom stereocenters. The van der Waals surface area contributed by atoms with Crippen LogP contribution in [0.3, 0.4) is 0 Å². The van der Waals surface area contributed by atoms with Gasteiger partial charge in [-0.3, -0.25) is 4.90 Å². The molecule has 0 atom stereocenters. The van der Waals surface area contributed by atoms with Crippen LogP contribution in [0.5, 0.6) is 0 Å². The number of hydrogen-bond donors (Lipinski definition) is 0. The van der Waals surface area contributed by atoms with Crippen LogP contribution in [0, 0.1) is 11.3 Å². The Morgan fingerprint density at radius 2 is 1.80 bits per heavy atom. The summed E-state index contributed by atoms with van der Waals surface area (Å²) in [5, 5.41) is 0. The van der Waals surface area contributed by atoms with Gasteiger partial charge >= 0.3 is 0 Å². The minimum atomic E-state index is 0.492. The average molecular weight is 213 g/mol. The van der Waals surface area contributed by atoms with Gasteiger partial charge in [-0.1, -0.05) is 27.7 Å². The topological polar surface area (TPSA) is 12.5 Å². The van der Waals surface area contributed by atoms with Gasteiger partial charge in [0.05, 0.1) is 13.2 Å². The maximum atomic E-state index is 5.34. The molecule has 0 aromatic rings. The first-order chi connectivity index (χ1) is 7.02. The summed E-state index contributed by atoms with van der Waals surface area (Å²) in [5.74, 6) is 0.780. The summed E-state index contributed by atoms with van der Waals surface area (Å²) in [7, 11) is 0. The third-order valence-corrected chi connectivity index (χ3v) is 3.96. The van der Waals surface area contributed by atoms with E-state index in [1.165, 1.54) is 19.4 Å². The third kappa shape index (κ3) is 4.52. The lowest BCUT2D eigenvalue weighted by Gasteiger charge is -2.31. The normalized spacial score (nSPS) is 19.8. The Kier molecular flexibility index (Phi) is 5.07. The Bertz CT molecular complexity index is 171. The second-order valence-electron chi connectivity index (χ2n) is 5.70. The van der Waals surface area contributed by atoms with E-state index in [-0.39, 0.29) is 0 Å². The van der Waals surface area contributed by atoms with Crippen molar-refractivity contribution in [3.8, 4) is 0 Å². The van der Waals surface area contributed by atoms with Gasteiger partial charge in [0.15, 0.2) is 0 Å². The molecule has 1 rings (SSSR count). The predicted octanol–water partition coefficient (Wildman–Crippen LogP) is 2.78. The maximum absolute atomic E-state index is 5.34. The smallest absolute Gasteiger partial charge is 0.0594 e. The molecule has 0 saturated carbocycles. The van der Waals surface area contributed by atoms with E-state index in [4.69, 9.17) is 4.74 Å². The van der Waals surface area contributed by atoms with E-state index in [0.29, 0.717) is 5.41 Å². The lowest BCUT2D eigenvalue weighted by Crippen LogP contribution is -2.37. The van der Waals surface area contributed by atoms with E-state index in [1.54, 1.807) is 0 Å². The van der Waals surface area contributed by atoms with Gasteiger partial charge in [0.2, 0.25) is 0 Å². The number of morpholine rings is 1. The molecule has 1 aliphatic heterocycles. The fourth-order valence-electron chi connectivity index (χ4n) is 1.87. The van der Waals surface area contributed by atoms with Gasteiger partial charge < -0.3 is 4.74 Å². The Morgan fingerprint density at radius 1 is 1.20 bits per heavy atom. The highest BCUT2D eigenvalue weighted by Crippen LogP contribution is 2.31. The molecule has 0 N–H and O–H groups in total. The van der Waals surface area contributed by atoms with Crippen molar-refractivity contribution in [2.24, 2.45) is 11.3 Å². The quantitative estimate of drug-likeness (QED) is 0.696. The zero-order chi connectivity index (χ0) is 11.3. The van der Waals surface area contributed by atoms with Crippen LogP contribution in [0.4, 0.5) is 0 Å². The number of nitrogens with zero attached hydrogens (tertiary/aromatic N) is 1. The molecule has 2 nitrogen and oxygen atoms in total. The maximum Gasteiger partial charge on any atom is 0.0594 e. The third-order valence-electron chi connectivity index (χ3n) is 3.96. The molecule has 15 heavy (non-hydrogen) atoms. The molecule has 0 aliphatic carbocycles. The molecular weight excluding hydrogens is 186 g/mol. The van der Waals surface area contributed by atoms with Gasteiger partial charge in [-0.15, -0.1) is 0 Å². The average Bonchev–Trinajstić information content (AvgIpc) is 2.19. The molecule has 0 spiro atoms. The zero-order valence-electron chi connectivity index (χ0n) is 10.9. The standard InChI is InChI=1S/C13H27NO/c1-12(2)13(3,4)6-5-7-14-8-10-15-11-9-14/h12H,5-11H2,1-4H3. The number of rotatable bonds is 5. The van der Waals surface area contributed by atoms with Crippen LogP contribution in [0.15, 0.2) is 0 Å².